The van der Waals surface area contributed by atoms with Crippen molar-refractivity contribution >= 4 is 36.4 Å². The molecule has 8 heteroatoms. The Bertz CT molecular complexity index is 914. The first-order valence-corrected chi connectivity index (χ1v) is 8.25. The van der Waals surface area contributed by atoms with E-state index >= 15 is 0 Å². The highest BCUT2D eigenvalue weighted by molar-refractivity contribution is 8.12. The topological polar surface area (TPSA) is 115 Å². The summed E-state index contributed by atoms with van der Waals surface area (Å²) in [6.45, 7) is 2.92. The molecule has 2 aromatic carbocycles. The Hall–Kier alpha value is -1.90. The van der Waals surface area contributed by atoms with Crippen LogP contribution in [0, 0.1) is 0 Å². The predicted molar refractivity (Wildman–Crippen MR) is 76.2 cm³/mol. The lowest BCUT2D eigenvalue weighted by atomic mass is 10.1. The summed E-state index contributed by atoms with van der Waals surface area (Å²) < 4.78 is 53.5. The summed E-state index contributed by atoms with van der Waals surface area (Å²) in [5.41, 5.74) is 6.13. The summed E-state index contributed by atoms with van der Waals surface area (Å²) in [5, 5.41) is 1.28. The molecule has 0 spiro atoms. The van der Waals surface area contributed by atoms with Crippen LogP contribution in [0.4, 0.5) is 5.69 Å². The van der Waals surface area contributed by atoms with Gasteiger partial charge in [0, 0.05) is 5.69 Å². The van der Waals surface area contributed by atoms with Gasteiger partial charge in [-0.2, -0.15) is 8.42 Å². The molecule has 0 bridgehead atoms. The van der Waals surface area contributed by atoms with Gasteiger partial charge in [-0.15, -0.1) is 0 Å². The lowest BCUT2D eigenvalue weighted by molar-refractivity contribution is 0.492. The van der Waals surface area contributed by atoms with Crippen LogP contribution in [0.2, 0.25) is 0 Å². The Labute approximate surface area is 116 Å². The van der Waals surface area contributed by atoms with Crippen molar-refractivity contribution in [3.8, 4) is 0 Å². The van der Waals surface area contributed by atoms with Crippen LogP contribution >= 0.6 is 0 Å². The van der Waals surface area contributed by atoms with Crippen molar-refractivity contribution in [2.45, 2.75) is 4.90 Å². The van der Waals surface area contributed by atoms with Gasteiger partial charge in [0.25, 0.3) is 0 Å². The molecular formula is C12H11NO5S2. The van der Waals surface area contributed by atoms with Crippen molar-refractivity contribution in [3.05, 3.63) is 47.2 Å². The summed E-state index contributed by atoms with van der Waals surface area (Å²) in [4.78, 5) is -0.266. The van der Waals surface area contributed by atoms with E-state index in [0.29, 0.717) is 16.5 Å². The minimum Gasteiger partial charge on any atom is -0.399 e. The molecule has 106 valence electrons. The van der Waals surface area contributed by atoms with E-state index in [1.807, 2.05) is 0 Å². The van der Waals surface area contributed by atoms with Crippen molar-refractivity contribution < 1.29 is 21.4 Å². The molecule has 0 radical (unpaired) electrons. The lowest BCUT2D eigenvalue weighted by Crippen LogP contribution is -2.12. The van der Waals surface area contributed by atoms with Gasteiger partial charge in [0.15, 0.2) is 4.24 Å². The fourth-order valence-corrected chi connectivity index (χ4v) is 3.87. The van der Waals surface area contributed by atoms with Gasteiger partial charge in [0.05, 0.1) is 4.90 Å². The molecule has 0 unspecified atom stereocenters. The minimum absolute atomic E-state index is 0.266. The van der Waals surface area contributed by atoms with E-state index in [2.05, 4.69) is 6.58 Å². The smallest absolute Gasteiger partial charge is 0.305 e. The third-order valence-corrected chi connectivity index (χ3v) is 6.07. The lowest BCUT2D eigenvalue weighted by Gasteiger charge is -2.07. The molecule has 0 aliphatic carbocycles. The molecule has 3 N–H and O–H groups in total. The van der Waals surface area contributed by atoms with Gasteiger partial charge in [-0.05, 0) is 35.0 Å². The van der Waals surface area contributed by atoms with Crippen molar-refractivity contribution in [1.29, 1.82) is 0 Å². The average Bonchev–Trinajstić information content (AvgIpc) is 2.36. The molecule has 0 amide bonds. The van der Waals surface area contributed by atoms with Crippen LogP contribution in [-0.2, 0) is 20.0 Å². The number of sulfone groups is 1. The monoisotopic (exact) mass is 313 g/mol. The Morgan fingerprint density at radius 2 is 1.55 bits per heavy atom. The van der Waals surface area contributed by atoms with Gasteiger partial charge in [-0.3, -0.25) is 4.55 Å². The van der Waals surface area contributed by atoms with Crippen LogP contribution < -0.4 is 5.73 Å². The average molecular weight is 313 g/mol. The maximum atomic E-state index is 12.0. The van der Waals surface area contributed by atoms with Crippen LogP contribution in [0.5, 0.6) is 0 Å². The molecule has 0 aromatic heterocycles. The number of benzene rings is 2. The molecule has 0 saturated heterocycles. The highest BCUT2D eigenvalue weighted by atomic mass is 32.3. The number of nitrogen functional groups attached to an aromatic ring is 1. The second-order valence-corrected chi connectivity index (χ2v) is 7.79. The van der Waals surface area contributed by atoms with Crippen molar-refractivity contribution in [3.63, 3.8) is 0 Å². The number of rotatable bonds is 3. The van der Waals surface area contributed by atoms with Gasteiger partial charge in [-0.1, -0.05) is 18.7 Å². The highest BCUT2D eigenvalue weighted by Gasteiger charge is 2.28. The normalized spacial score (nSPS) is 12.4. The van der Waals surface area contributed by atoms with Crippen LogP contribution in [0.3, 0.4) is 0 Å². The summed E-state index contributed by atoms with van der Waals surface area (Å²) in [7, 11) is -9.23. The first-order chi connectivity index (χ1) is 9.12. The summed E-state index contributed by atoms with van der Waals surface area (Å²) >= 11 is 0. The summed E-state index contributed by atoms with van der Waals surface area (Å²) in [6.07, 6.45) is 0. The van der Waals surface area contributed by atoms with E-state index in [4.69, 9.17) is 10.3 Å². The zero-order valence-electron chi connectivity index (χ0n) is 10.1. The van der Waals surface area contributed by atoms with E-state index in [0.717, 1.165) is 0 Å². The van der Waals surface area contributed by atoms with Gasteiger partial charge < -0.3 is 5.73 Å². The molecule has 0 saturated carbocycles. The molecule has 0 aliphatic heterocycles. The number of nitrogens with two attached hydrogens (primary N) is 1. The van der Waals surface area contributed by atoms with Crippen LogP contribution in [-0.4, -0.2) is 21.4 Å². The van der Waals surface area contributed by atoms with Gasteiger partial charge in [0.2, 0.25) is 9.84 Å². The fraction of sp³-hybridized carbons (Fsp3) is 0. The molecule has 0 aliphatic rings. The Kier molecular flexibility index (Phi) is 3.32. The number of anilines is 1. The van der Waals surface area contributed by atoms with E-state index in [-0.39, 0.29) is 4.90 Å². The highest BCUT2D eigenvalue weighted by Crippen LogP contribution is 2.26. The Morgan fingerprint density at radius 3 is 2.15 bits per heavy atom. The molecular weight excluding hydrogens is 302 g/mol. The fourth-order valence-electron chi connectivity index (χ4n) is 1.68. The third-order valence-electron chi connectivity index (χ3n) is 2.73. The standard InChI is InChI=1S/C12H11NO5S2/c1-8(20(16,17)18)19(14,15)12-5-3-9-6-11(13)4-2-10(9)7-12/h2-7H,1,13H2,(H,16,17,18). The molecule has 2 rings (SSSR count). The molecule has 2 aromatic rings. The second kappa shape index (κ2) is 4.58. The zero-order valence-corrected chi connectivity index (χ0v) is 11.8. The number of hydrogen-bond acceptors (Lipinski definition) is 5. The summed E-state index contributed by atoms with van der Waals surface area (Å²) in [6, 6.07) is 8.88. The van der Waals surface area contributed by atoms with Gasteiger partial charge in [-0.25, -0.2) is 8.42 Å². The van der Waals surface area contributed by atoms with Crippen LogP contribution in [0.1, 0.15) is 0 Å². The maximum absolute atomic E-state index is 12.0. The Balaban J connectivity index is 2.65. The quantitative estimate of drug-likeness (QED) is 0.656. The molecule has 0 heterocycles. The molecule has 20 heavy (non-hydrogen) atoms. The SMILES string of the molecule is C=C(S(=O)(=O)O)S(=O)(=O)c1ccc2cc(N)ccc2c1. The molecule has 6 nitrogen and oxygen atoms in total. The largest absolute Gasteiger partial charge is 0.399 e. The van der Waals surface area contributed by atoms with E-state index in [1.54, 1.807) is 18.2 Å². The summed E-state index contributed by atoms with van der Waals surface area (Å²) in [5.74, 6) is 0. The Morgan fingerprint density at radius 1 is 1.00 bits per heavy atom. The molecule has 0 atom stereocenters. The van der Waals surface area contributed by atoms with E-state index < -0.39 is 24.2 Å². The van der Waals surface area contributed by atoms with Crippen LogP contribution in [0.25, 0.3) is 10.8 Å². The first-order valence-electron chi connectivity index (χ1n) is 5.33. The zero-order chi connectivity index (χ0) is 15.1. The third kappa shape index (κ3) is 2.53. The molecule has 0 fully saturated rings. The van der Waals surface area contributed by atoms with Crippen molar-refractivity contribution in [2.24, 2.45) is 0 Å². The maximum Gasteiger partial charge on any atom is 0.305 e. The minimum atomic E-state index is -4.87. The van der Waals surface area contributed by atoms with E-state index in [9.17, 15) is 16.8 Å². The number of fused-ring (bicyclic) bond motifs is 1. The predicted octanol–water partition coefficient (Wildman–Crippen LogP) is 1.55. The van der Waals surface area contributed by atoms with Crippen molar-refractivity contribution in [1.82, 2.24) is 0 Å². The van der Waals surface area contributed by atoms with E-state index in [1.165, 1.54) is 18.2 Å². The van der Waals surface area contributed by atoms with Gasteiger partial charge in [0.1, 0.15) is 0 Å². The second-order valence-electron chi connectivity index (χ2n) is 4.12. The number of hydrogen-bond donors (Lipinski definition) is 2. The van der Waals surface area contributed by atoms with Gasteiger partial charge >= 0.3 is 10.1 Å². The first kappa shape index (κ1) is 14.5. The van der Waals surface area contributed by atoms with Crippen LogP contribution in [0.15, 0.2) is 52.1 Å². The van der Waals surface area contributed by atoms with Crippen molar-refractivity contribution in [2.75, 3.05) is 5.73 Å².